The predicted octanol–water partition coefficient (Wildman–Crippen LogP) is 5.16. The van der Waals surface area contributed by atoms with E-state index < -0.39 is 21.7 Å². The lowest BCUT2D eigenvalue weighted by Crippen LogP contribution is -2.39. The van der Waals surface area contributed by atoms with Gasteiger partial charge in [-0.2, -0.15) is 0 Å². The molecule has 0 bridgehead atoms. The second-order valence-corrected chi connectivity index (χ2v) is 11.9. The lowest BCUT2D eigenvalue weighted by molar-refractivity contribution is -0.121. The van der Waals surface area contributed by atoms with Crippen LogP contribution in [-0.2, 0) is 21.2 Å². The lowest BCUT2D eigenvalue weighted by Gasteiger charge is -2.15. The van der Waals surface area contributed by atoms with E-state index in [4.69, 9.17) is 12.2 Å². The molecule has 0 unspecified atom stereocenters. The molecule has 0 aliphatic carbocycles. The van der Waals surface area contributed by atoms with E-state index in [-0.39, 0.29) is 18.0 Å². The summed E-state index contributed by atoms with van der Waals surface area (Å²) in [7, 11) is -3.95. The second kappa shape index (κ2) is 12.5. The number of rotatable bonds is 11. The number of benzene rings is 2. The molecular formula is C26H30N2O4S3. The third kappa shape index (κ3) is 7.49. The highest BCUT2D eigenvalue weighted by atomic mass is 32.2. The molecule has 1 N–H and O–H groups in total. The predicted molar refractivity (Wildman–Crippen MR) is 146 cm³/mol. The van der Waals surface area contributed by atoms with Crippen molar-refractivity contribution in [2.24, 2.45) is 0 Å². The van der Waals surface area contributed by atoms with Gasteiger partial charge in [-0.25, -0.2) is 13.1 Å². The van der Waals surface area contributed by atoms with Crippen LogP contribution in [0.15, 0.2) is 59.5 Å². The first kappa shape index (κ1) is 27.1. The van der Waals surface area contributed by atoms with Crippen molar-refractivity contribution in [1.29, 1.82) is 0 Å². The lowest BCUT2D eigenvalue weighted by atomic mass is 10.0. The molecular weight excluding hydrogens is 500 g/mol. The van der Waals surface area contributed by atoms with Crippen LogP contribution in [0.25, 0.3) is 5.57 Å². The smallest absolute Gasteiger partial charge is 0.266 e. The van der Waals surface area contributed by atoms with Gasteiger partial charge in [0.1, 0.15) is 4.32 Å². The number of thiocarbonyl (C=S) groups is 1. The molecule has 1 saturated heterocycles. The number of hydrogen-bond acceptors (Lipinski definition) is 6. The minimum Gasteiger partial charge on any atom is -0.292 e. The van der Waals surface area contributed by atoms with Crippen molar-refractivity contribution in [3.63, 3.8) is 0 Å². The molecule has 1 fully saturated rings. The average molecular weight is 531 g/mol. The van der Waals surface area contributed by atoms with Gasteiger partial charge in [0.25, 0.3) is 11.8 Å². The SMILES string of the molecule is CCCCCCc1ccc(/C(C)=C2\SC(=S)N(CCS(=O)(=O)NC(=O)c3ccccc3)C2=O)cc1. The van der Waals surface area contributed by atoms with Gasteiger partial charge in [0, 0.05) is 12.1 Å². The molecule has 0 aromatic heterocycles. The number of carbonyl (C=O) groups is 2. The van der Waals surface area contributed by atoms with Crippen LogP contribution >= 0.6 is 24.0 Å². The fourth-order valence-corrected chi connectivity index (χ4v) is 5.96. The Labute approximate surface area is 217 Å². The minimum atomic E-state index is -3.95. The van der Waals surface area contributed by atoms with Gasteiger partial charge in [-0.1, -0.05) is 92.6 Å². The van der Waals surface area contributed by atoms with E-state index in [2.05, 4.69) is 19.1 Å². The Hall–Kier alpha value is -2.49. The van der Waals surface area contributed by atoms with Crippen LogP contribution in [-0.4, -0.2) is 41.8 Å². The van der Waals surface area contributed by atoms with Crippen molar-refractivity contribution in [3.8, 4) is 0 Å². The van der Waals surface area contributed by atoms with Crippen LogP contribution in [0, 0.1) is 0 Å². The summed E-state index contributed by atoms with van der Waals surface area (Å²) in [5, 5.41) is 0. The standard InChI is InChI=1S/C26H30N2O4S3/c1-3-4-5-7-10-20-13-15-21(16-14-20)19(2)23-25(30)28(26(33)34-23)17-18-35(31,32)27-24(29)22-11-8-6-9-12-22/h6,8-9,11-16H,3-5,7,10,17-18H2,1-2H3,(H,27,29)/b23-19-. The second-order valence-electron chi connectivity index (χ2n) is 8.40. The topological polar surface area (TPSA) is 83.6 Å². The van der Waals surface area contributed by atoms with Gasteiger partial charge in [-0.15, -0.1) is 0 Å². The highest BCUT2D eigenvalue weighted by Gasteiger charge is 2.34. The zero-order valence-electron chi connectivity index (χ0n) is 20.0. The van der Waals surface area contributed by atoms with E-state index >= 15 is 0 Å². The van der Waals surface area contributed by atoms with Crippen molar-refractivity contribution >= 4 is 55.7 Å². The number of aryl methyl sites for hydroxylation is 1. The van der Waals surface area contributed by atoms with Crippen LogP contribution < -0.4 is 4.72 Å². The number of allylic oxidation sites excluding steroid dienone is 1. The summed E-state index contributed by atoms with van der Waals surface area (Å²) >= 11 is 6.53. The largest absolute Gasteiger partial charge is 0.292 e. The molecule has 186 valence electrons. The van der Waals surface area contributed by atoms with Crippen molar-refractivity contribution < 1.29 is 18.0 Å². The van der Waals surface area contributed by atoms with Crippen LogP contribution in [0.5, 0.6) is 0 Å². The average Bonchev–Trinajstić information content (AvgIpc) is 3.13. The summed E-state index contributed by atoms with van der Waals surface area (Å²) in [5.41, 5.74) is 3.26. The Morgan fingerprint density at radius 1 is 1.00 bits per heavy atom. The van der Waals surface area contributed by atoms with Gasteiger partial charge >= 0.3 is 0 Å². The number of nitrogens with zero attached hydrogens (tertiary/aromatic N) is 1. The number of hydrogen-bond donors (Lipinski definition) is 1. The van der Waals surface area contributed by atoms with Crippen molar-refractivity contribution in [2.45, 2.75) is 46.0 Å². The molecule has 2 amide bonds. The first-order chi connectivity index (χ1) is 16.7. The molecule has 0 spiro atoms. The minimum absolute atomic E-state index is 0.129. The number of nitrogens with one attached hydrogen (secondary N) is 1. The summed E-state index contributed by atoms with van der Waals surface area (Å²) in [5.74, 6) is -1.46. The maximum absolute atomic E-state index is 13.0. The first-order valence-corrected chi connectivity index (χ1v) is 14.5. The highest BCUT2D eigenvalue weighted by molar-refractivity contribution is 8.26. The zero-order chi connectivity index (χ0) is 25.4. The van der Waals surface area contributed by atoms with Gasteiger partial charge in [0.05, 0.1) is 10.7 Å². The van der Waals surface area contributed by atoms with Crippen molar-refractivity contribution in [2.75, 3.05) is 12.3 Å². The molecule has 1 heterocycles. The van der Waals surface area contributed by atoms with Crippen LogP contribution in [0.4, 0.5) is 0 Å². The van der Waals surface area contributed by atoms with E-state index in [0.29, 0.717) is 9.23 Å². The van der Waals surface area contributed by atoms with Gasteiger partial charge in [0.15, 0.2) is 0 Å². The van der Waals surface area contributed by atoms with E-state index in [1.165, 1.54) is 60.0 Å². The zero-order valence-corrected chi connectivity index (χ0v) is 22.4. The van der Waals surface area contributed by atoms with E-state index in [9.17, 15) is 18.0 Å². The Kier molecular flexibility index (Phi) is 9.65. The number of unbranched alkanes of at least 4 members (excludes halogenated alkanes) is 3. The number of thioether (sulfide) groups is 1. The van der Waals surface area contributed by atoms with Crippen LogP contribution in [0.2, 0.25) is 0 Å². The monoisotopic (exact) mass is 530 g/mol. The van der Waals surface area contributed by atoms with Crippen LogP contribution in [0.1, 0.15) is 61.0 Å². The number of amides is 2. The summed E-state index contributed by atoms with van der Waals surface area (Å²) in [6, 6.07) is 16.3. The molecule has 0 saturated carbocycles. The number of sulfonamides is 1. The summed E-state index contributed by atoms with van der Waals surface area (Å²) in [6.45, 7) is 3.94. The molecule has 2 aromatic carbocycles. The van der Waals surface area contributed by atoms with Crippen molar-refractivity contribution in [3.05, 3.63) is 76.2 Å². The Morgan fingerprint density at radius 2 is 1.69 bits per heavy atom. The van der Waals surface area contributed by atoms with Gasteiger partial charge < -0.3 is 0 Å². The fraction of sp³-hybridized carbons (Fsp3) is 0.346. The molecule has 9 heteroatoms. The molecule has 1 aliphatic rings. The van der Waals surface area contributed by atoms with Gasteiger partial charge in [-0.3, -0.25) is 14.5 Å². The fourth-order valence-electron chi connectivity index (χ4n) is 3.68. The molecule has 0 atom stereocenters. The van der Waals surface area contributed by atoms with Gasteiger partial charge in [-0.05, 0) is 48.6 Å². The summed E-state index contributed by atoms with van der Waals surface area (Å²) in [4.78, 5) is 27.0. The van der Waals surface area contributed by atoms with E-state index in [0.717, 1.165) is 17.6 Å². The molecule has 35 heavy (non-hydrogen) atoms. The highest BCUT2D eigenvalue weighted by Crippen LogP contribution is 2.36. The maximum Gasteiger partial charge on any atom is 0.266 e. The molecule has 6 nitrogen and oxygen atoms in total. The third-order valence-electron chi connectivity index (χ3n) is 5.76. The Morgan fingerprint density at radius 3 is 2.34 bits per heavy atom. The van der Waals surface area contributed by atoms with E-state index in [1.54, 1.807) is 18.2 Å². The van der Waals surface area contributed by atoms with Crippen LogP contribution in [0.3, 0.4) is 0 Å². The van der Waals surface area contributed by atoms with Gasteiger partial charge in [0.2, 0.25) is 10.0 Å². The van der Waals surface area contributed by atoms with E-state index in [1.807, 2.05) is 23.8 Å². The molecule has 0 radical (unpaired) electrons. The first-order valence-electron chi connectivity index (χ1n) is 11.7. The summed E-state index contributed by atoms with van der Waals surface area (Å²) < 4.78 is 27.2. The molecule has 3 rings (SSSR count). The summed E-state index contributed by atoms with van der Waals surface area (Å²) in [6.07, 6.45) is 5.89. The third-order valence-corrected chi connectivity index (χ3v) is 8.53. The number of carbonyl (C=O) groups excluding carboxylic acids is 2. The quantitative estimate of drug-likeness (QED) is 0.245. The molecule has 1 aliphatic heterocycles. The Balaban J connectivity index is 1.62. The van der Waals surface area contributed by atoms with Crippen molar-refractivity contribution in [1.82, 2.24) is 9.62 Å². The molecule has 2 aromatic rings. The Bertz CT molecular complexity index is 1210. The normalized spacial score (nSPS) is 15.4. The maximum atomic E-state index is 13.0.